The van der Waals surface area contributed by atoms with Gasteiger partial charge in [0.2, 0.25) is 5.91 Å². The highest BCUT2D eigenvalue weighted by atomic mass is 35.5. The minimum atomic E-state index is -0.325. The number of nitrogens with two attached hydrogens (primary N) is 1. The van der Waals surface area contributed by atoms with Crippen LogP contribution in [0.1, 0.15) is 18.2 Å². The molecule has 0 radical (unpaired) electrons. The van der Waals surface area contributed by atoms with Crippen molar-refractivity contribution in [2.75, 3.05) is 0 Å². The smallest absolute Gasteiger partial charge is 0.230 e. The topological polar surface area (TPSA) is 68.9 Å². The molecule has 2 N–H and O–H groups in total. The standard InChI is InChI=1S/C17H16ClN3OS2/c1-3-12(15(19)22)24-17-14-13(10-4-6-11(18)7-5-10)9(2)23-16(14)20-8-21-17/h4-8,12H,3H2,1-2H3,(H2,19,22). The monoisotopic (exact) mass is 377 g/mol. The fraction of sp³-hybridized carbons (Fsp3) is 0.235. The lowest BCUT2D eigenvalue weighted by Gasteiger charge is -2.11. The van der Waals surface area contributed by atoms with E-state index in [4.69, 9.17) is 17.3 Å². The molecule has 7 heteroatoms. The highest BCUT2D eigenvalue weighted by Crippen LogP contribution is 2.42. The number of fused-ring (bicyclic) bond motifs is 1. The largest absolute Gasteiger partial charge is 0.369 e. The van der Waals surface area contributed by atoms with Crippen molar-refractivity contribution in [1.29, 1.82) is 0 Å². The van der Waals surface area contributed by atoms with E-state index in [2.05, 4.69) is 16.9 Å². The van der Waals surface area contributed by atoms with Crippen molar-refractivity contribution in [3.05, 3.63) is 40.5 Å². The Morgan fingerprint density at radius 1 is 1.33 bits per heavy atom. The molecule has 2 heterocycles. The van der Waals surface area contributed by atoms with Crippen LogP contribution in [-0.2, 0) is 4.79 Å². The minimum Gasteiger partial charge on any atom is -0.369 e. The van der Waals surface area contributed by atoms with Gasteiger partial charge >= 0.3 is 0 Å². The number of nitrogens with zero attached hydrogens (tertiary/aromatic N) is 2. The average molecular weight is 378 g/mol. The number of halogens is 1. The van der Waals surface area contributed by atoms with Crippen molar-refractivity contribution < 1.29 is 4.79 Å². The second-order valence-electron chi connectivity index (χ2n) is 5.32. The van der Waals surface area contributed by atoms with Gasteiger partial charge in [-0.05, 0) is 31.0 Å². The van der Waals surface area contributed by atoms with Crippen molar-refractivity contribution in [3.8, 4) is 11.1 Å². The van der Waals surface area contributed by atoms with Gasteiger partial charge in [0, 0.05) is 15.5 Å². The SMILES string of the molecule is CCC(Sc1ncnc2sc(C)c(-c3ccc(Cl)cc3)c12)C(N)=O. The Kier molecular flexibility index (Phi) is 5.08. The van der Waals surface area contributed by atoms with Gasteiger partial charge in [-0.3, -0.25) is 4.79 Å². The number of thioether (sulfide) groups is 1. The number of hydrogen-bond acceptors (Lipinski definition) is 5. The third-order valence-corrected chi connectivity index (χ3v) is 6.35. The molecule has 3 rings (SSSR count). The van der Waals surface area contributed by atoms with Crippen LogP contribution >= 0.6 is 34.7 Å². The van der Waals surface area contributed by atoms with E-state index < -0.39 is 0 Å². The summed E-state index contributed by atoms with van der Waals surface area (Å²) in [6.45, 7) is 4.01. The highest BCUT2D eigenvalue weighted by molar-refractivity contribution is 8.00. The normalized spacial score (nSPS) is 12.5. The zero-order chi connectivity index (χ0) is 17.3. The zero-order valence-corrected chi connectivity index (χ0v) is 15.6. The second-order valence-corrected chi connectivity index (χ2v) is 8.15. The molecular weight excluding hydrogens is 362 g/mol. The first-order chi connectivity index (χ1) is 11.5. The molecule has 1 amide bonds. The van der Waals surface area contributed by atoms with E-state index in [9.17, 15) is 4.79 Å². The van der Waals surface area contributed by atoms with Crippen LogP contribution in [0.3, 0.4) is 0 Å². The van der Waals surface area contributed by atoms with Crippen molar-refractivity contribution in [3.63, 3.8) is 0 Å². The van der Waals surface area contributed by atoms with Crippen molar-refractivity contribution in [2.45, 2.75) is 30.5 Å². The molecule has 4 nitrogen and oxygen atoms in total. The molecule has 0 spiro atoms. The number of hydrogen-bond donors (Lipinski definition) is 1. The fourth-order valence-corrected chi connectivity index (χ4v) is 4.73. The highest BCUT2D eigenvalue weighted by Gasteiger charge is 2.21. The Labute approximate surface area is 153 Å². The number of carbonyl (C=O) groups excluding carboxylic acids is 1. The molecule has 0 saturated carbocycles. The van der Waals surface area contributed by atoms with Gasteiger partial charge in [0.25, 0.3) is 0 Å². The maximum Gasteiger partial charge on any atom is 0.230 e. The van der Waals surface area contributed by atoms with E-state index in [1.54, 1.807) is 17.7 Å². The fourth-order valence-electron chi connectivity index (χ4n) is 2.55. The number of aromatic nitrogens is 2. The molecule has 3 aromatic rings. The van der Waals surface area contributed by atoms with Crippen LogP contribution in [0, 0.1) is 6.92 Å². The first-order valence-electron chi connectivity index (χ1n) is 7.47. The third-order valence-electron chi connectivity index (χ3n) is 3.70. The summed E-state index contributed by atoms with van der Waals surface area (Å²) >= 11 is 9.04. The molecule has 1 aromatic carbocycles. The summed E-state index contributed by atoms with van der Waals surface area (Å²) in [5, 5.41) is 2.16. The first-order valence-corrected chi connectivity index (χ1v) is 9.54. The maximum atomic E-state index is 11.6. The molecule has 0 fully saturated rings. The summed E-state index contributed by atoms with van der Waals surface area (Å²) < 4.78 is 0. The molecule has 0 aliphatic heterocycles. The maximum absolute atomic E-state index is 11.6. The van der Waals surface area contributed by atoms with E-state index in [0.29, 0.717) is 11.4 Å². The van der Waals surface area contributed by atoms with Gasteiger partial charge in [0.05, 0.1) is 10.6 Å². The lowest BCUT2D eigenvalue weighted by molar-refractivity contribution is -0.117. The van der Waals surface area contributed by atoms with Crippen molar-refractivity contribution >= 4 is 50.8 Å². The van der Waals surface area contributed by atoms with Gasteiger partial charge in [-0.15, -0.1) is 11.3 Å². The summed E-state index contributed by atoms with van der Waals surface area (Å²) in [6.07, 6.45) is 2.20. The number of carbonyl (C=O) groups is 1. The number of rotatable bonds is 5. The van der Waals surface area contributed by atoms with Gasteiger partial charge in [-0.25, -0.2) is 9.97 Å². The van der Waals surface area contributed by atoms with Gasteiger partial charge in [-0.1, -0.05) is 42.4 Å². The Balaban J connectivity index is 2.17. The second kappa shape index (κ2) is 7.09. The van der Waals surface area contributed by atoms with Gasteiger partial charge in [-0.2, -0.15) is 0 Å². The van der Waals surface area contributed by atoms with Gasteiger partial charge in [0.1, 0.15) is 16.2 Å². The Bertz CT molecular complexity index is 893. The van der Waals surface area contributed by atoms with Crippen molar-refractivity contribution in [2.24, 2.45) is 5.73 Å². The molecule has 1 atom stereocenters. The van der Waals surface area contributed by atoms with Crippen LogP contribution in [0.5, 0.6) is 0 Å². The predicted molar refractivity (Wildman–Crippen MR) is 102 cm³/mol. The van der Waals surface area contributed by atoms with Crippen LogP contribution < -0.4 is 5.73 Å². The lowest BCUT2D eigenvalue weighted by atomic mass is 10.0. The van der Waals surface area contributed by atoms with Crippen LogP contribution in [0.4, 0.5) is 0 Å². The molecule has 24 heavy (non-hydrogen) atoms. The van der Waals surface area contributed by atoms with Crippen molar-refractivity contribution in [1.82, 2.24) is 9.97 Å². The number of amides is 1. The Morgan fingerprint density at radius 2 is 2.04 bits per heavy atom. The first kappa shape index (κ1) is 17.2. The lowest BCUT2D eigenvalue weighted by Crippen LogP contribution is -2.24. The molecule has 0 aliphatic rings. The average Bonchev–Trinajstić information content (AvgIpc) is 2.89. The zero-order valence-electron chi connectivity index (χ0n) is 13.2. The summed E-state index contributed by atoms with van der Waals surface area (Å²) in [7, 11) is 0. The van der Waals surface area contributed by atoms with Gasteiger partial charge in [0.15, 0.2) is 0 Å². The summed E-state index contributed by atoms with van der Waals surface area (Å²) in [5.74, 6) is -0.325. The molecule has 124 valence electrons. The predicted octanol–water partition coefficient (Wildman–Crippen LogP) is 4.68. The quantitative estimate of drug-likeness (QED) is 0.518. The summed E-state index contributed by atoms with van der Waals surface area (Å²) in [4.78, 5) is 22.5. The number of primary amides is 1. The van der Waals surface area contributed by atoms with Crippen LogP contribution in [-0.4, -0.2) is 21.1 Å². The van der Waals surface area contributed by atoms with Gasteiger partial charge < -0.3 is 5.73 Å². The molecule has 1 unspecified atom stereocenters. The summed E-state index contributed by atoms with van der Waals surface area (Å²) in [5.41, 5.74) is 7.65. The number of benzene rings is 1. The van der Waals surface area contributed by atoms with E-state index in [1.807, 2.05) is 31.2 Å². The van der Waals surface area contributed by atoms with Crippen LogP contribution in [0.25, 0.3) is 21.3 Å². The van der Waals surface area contributed by atoms with E-state index in [0.717, 1.165) is 31.2 Å². The van der Waals surface area contributed by atoms with Crippen LogP contribution in [0.15, 0.2) is 35.6 Å². The van der Waals surface area contributed by atoms with Crippen LogP contribution in [0.2, 0.25) is 5.02 Å². The van der Waals surface area contributed by atoms with E-state index in [-0.39, 0.29) is 11.2 Å². The molecule has 2 aromatic heterocycles. The number of thiophene rings is 1. The Morgan fingerprint density at radius 3 is 2.67 bits per heavy atom. The molecule has 0 saturated heterocycles. The molecular formula is C17H16ClN3OS2. The number of aryl methyl sites for hydroxylation is 1. The Hall–Kier alpha value is -1.63. The third kappa shape index (κ3) is 3.27. The minimum absolute atomic E-state index is 0.304. The van der Waals surface area contributed by atoms with E-state index in [1.165, 1.54) is 11.8 Å². The van der Waals surface area contributed by atoms with E-state index >= 15 is 0 Å². The molecule has 0 bridgehead atoms. The molecule has 0 aliphatic carbocycles. The summed E-state index contributed by atoms with van der Waals surface area (Å²) in [6, 6.07) is 7.72.